The third kappa shape index (κ3) is 3.56. The van der Waals surface area contributed by atoms with E-state index in [1.165, 1.54) is 0 Å². The molecule has 8 heteroatoms. The Kier molecular flexibility index (Phi) is 4.16. The number of nitrogens with zero attached hydrogens (tertiary/aromatic N) is 3. The number of carbonyl (C=O) groups is 1. The van der Waals surface area contributed by atoms with E-state index >= 15 is 0 Å². The second-order valence-electron chi connectivity index (χ2n) is 5.67. The van der Waals surface area contributed by atoms with Gasteiger partial charge in [0.1, 0.15) is 5.82 Å². The summed E-state index contributed by atoms with van der Waals surface area (Å²) in [7, 11) is 1.69. The molecule has 1 amide bonds. The van der Waals surface area contributed by atoms with Crippen LogP contribution in [-0.4, -0.2) is 36.4 Å². The highest BCUT2D eigenvalue weighted by molar-refractivity contribution is 8.13. The molecule has 0 saturated carbocycles. The quantitative estimate of drug-likeness (QED) is 0.789. The molecule has 3 rings (SSSR count). The average Bonchev–Trinajstić information content (AvgIpc) is 3.01. The molecule has 1 aliphatic rings. The van der Waals surface area contributed by atoms with E-state index in [9.17, 15) is 13.2 Å². The predicted octanol–water partition coefficient (Wildman–Crippen LogP) is 2.10. The maximum Gasteiger partial charge on any atom is 0.232 e. The van der Waals surface area contributed by atoms with Gasteiger partial charge >= 0.3 is 0 Å². The van der Waals surface area contributed by atoms with Crippen molar-refractivity contribution in [2.24, 2.45) is 5.92 Å². The maximum absolute atomic E-state index is 12.3. The number of carbonyl (C=O) groups excluding carboxylic acids is 1. The molecule has 2 heterocycles. The highest BCUT2D eigenvalue weighted by Gasteiger charge is 2.35. The number of benzene rings is 1. The molecule has 6 nitrogen and oxygen atoms in total. The summed E-state index contributed by atoms with van der Waals surface area (Å²) in [5.74, 6) is 0.0277. The van der Waals surface area contributed by atoms with Crippen molar-refractivity contribution in [3.63, 3.8) is 0 Å². The van der Waals surface area contributed by atoms with Gasteiger partial charge in [-0.1, -0.05) is 18.2 Å². The molecule has 0 bridgehead atoms. The molecular weight excluding hydrogens is 338 g/mol. The van der Waals surface area contributed by atoms with Crippen LogP contribution in [0.1, 0.15) is 12.1 Å². The lowest BCUT2D eigenvalue weighted by Crippen LogP contribution is -2.27. The van der Waals surface area contributed by atoms with Crippen molar-refractivity contribution < 1.29 is 13.2 Å². The predicted molar refractivity (Wildman–Crippen MR) is 88.4 cm³/mol. The number of hydrogen-bond acceptors (Lipinski definition) is 4. The van der Waals surface area contributed by atoms with E-state index in [0.717, 1.165) is 11.4 Å². The molecule has 1 aromatic heterocycles. The second-order valence-corrected chi connectivity index (χ2v) is 8.49. The summed E-state index contributed by atoms with van der Waals surface area (Å²) in [5.41, 5.74) is 1.63. The Labute approximate surface area is 139 Å². The zero-order valence-electron chi connectivity index (χ0n) is 12.5. The average molecular weight is 354 g/mol. The first-order chi connectivity index (χ1) is 10.8. The fourth-order valence-corrected chi connectivity index (χ4v) is 4.15. The van der Waals surface area contributed by atoms with Crippen LogP contribution in [0.4, 0.5) is 5.82 Å². The van der Waals surface area contributed by atoms with Crippen molar-refractivity contribution in [2.45, 2.75) is 13.3 Å². The van der Waals surface area contributed by atoms with E-state index in [1.54, 1.807) is 9.58 Å². The lowest BCUT2D eigenvalue weighted by atomic mass is 10.1. The molecular formula is C15H16ClN3O3S. The molecule has 0 N–H and O–H groups in total. The first kappa shape index (κ1) is 16.0. The van der Waals surface area contributed by atoms with Crippen molar-refractivity contribution in [2.75, 3.05) is 17.2 Å². The molecule has 2 aromatic rings. The van der Waals surface area contributed by atoms with Crippen molar-refractivity contribution in [3.05, 3.63) is 42.1 Å². The number of para-hydroxylation sites is 1. The van der Waals surface area contributed by atoms with Crippen molar-refractivity contribution >= 4 is 31.5 Å². The normalized spacial score (nSPS) is 18.6. The number of halogens is 1. The van der Waals surface area contributed by atoms with Gasteiger partial charge in [0.05, 0.1) is 17.1 Å². The lowest BCUT2D eigenvalue weighted by Gasteiger charge is -2.18. The number of hydrogen-bond donors (Lipinski definition) is 0. The zero-order chi connectivity index (χ0) is 16.6. The van der Waals surface area contributed by atoms with Crippen LogP contribution in [0.5, 0.6) is 0 Å². The van der Waals surface area contributed by atoms with E-state index in [0.29, 0.717) is 12.4 Å². The van der Waals surface area contributed by atoms with Gasteiger partial charge in [-0.25, -0.2) is 13.1 Å². The number of aromatic nitrogens is 2. The van der Waals surface area contributed by atoms with Crippen LogP contribution in [-0.2, 0) is 13.8 Å². The Morgan fingerprint density at radius 2 is 2.00 bits per heavy atom. The standard InChI is InChI=1S/C15H16ClN3O3S/c1-11-7-14(19(17-11)13-5-3-2-4-6-13)18-9-12(8-15(18)20)10-23(16,21)22/h2-7,12H,8-10H2,1H3. The summed E-state index contributed by atoms with van der Waals surface area (Å²) >= 11 is 0. The first-order valence-corrected chi connectivity index (χ1v) is 9.66. The lowest BCUT2D eigenvalue weighted by molar-refractivity contribution is -0.117. The van der Waals surface area contributed by atoms with Crippen LogP contribution >= 0.6 is 10.7 Å². The van der Waals surface area contributed by atoms with Crippen molar-refractivity contribution in [1.29, 1.82) is 0 Å². The van der Waals surface area contributed by atoms with Gasteiger partial charge in [-0.2, -0.15) is 5.10 Å². The van der Waals surface area contributed by atoms with Crippen LogP contribution in [0.2, 0.25) is 0 Å². The minimum atomic E-state index is -3.62. The topological polar surface area (TPSA) is 72.3 Å². The van der Waals surface area contributed by atoms with Gasteiger partial charge in [0, 0.05) is 35.6 Å². The molecule has 1 aromatic carbocycles. The Bertz CT molecular complexity index is 833. The number of rotatable bonds is 4. The SMILES string of the molecule is Cc1cc(N2CC(CS(=O)(=O)Cl)CC2=O)n(-c2ccccc2)n1. The Balaban J connectivity index is 1.92. The van der Waals surface area contributed by atoms with Crippen LogP contribution in [0, 0.1) is 12.8 Å². The number of aryl methyl sites for hydroxylation is 1. The zero-order valence-corrected chi connectivity index (χ0v) is 14.1. The molecule has 1 unspecified atom stereocenters. The summed E-state index contributed by atoms with van der Waals surface area (Å²) in [4.78, 5) is 13.9. The van der Waals surface area contributed by atoms with Crippen LogP contribution < -0.4 is 4.90 Å². The Morgan fingerprint density at radius 3 is 2.65 bits per heavy atom. The summed E-state index contributed by atoms with van der Waals surface area (Å²) < 4.78 is 24.2. The Morgan fingerprint density at radius 1 is 1.30 bits per heavy atom. The highest BCUT2D eigenvalue weighted by atomic mass is 35.7. The fourth-order valence-electron chi connectivity index (χ4n) is 2.83. The molecule has 1 atom stereocenters. The summed E-state index contributed by atoms with van der Waals surface area (Å²) in [5, 5.41) is 4.44. The largest absolute Gasteiger partial charge is 0.296 e. The highest BCUT2D eigenvalue weighted by Crippen LogP contribution is 2.29. The van der Waals surface area contributed by atoms with Crippen LogP contribution in [0.25, 0.3) is 5.69 Å². The second kappa shape index (κ2) is 5.98. The van der Waals surface area contributed by atoms with E-state index < -0.39 is 9.05 Å². The third-order valence-electron chi connectivity index (χ3n) is 3.73. The Hall–Kier alpha value is -1.86. The smallest absolute Gasteiger partial charge is 0.232 e. The molecule has 122 valence electrons. The molecule has 1 saturated heterocycles. The molecule has 0 radical (unpaired) electrons. The first-order valence-electron chi connectivity index (χ1n) is 7.18. The molecule has 0 spiro atoms. The van der Waals surface area contributed by atoms with Gasteiger partial charge < -0.3 is 0 Å². The number of amides is 1. The van der Waals surface area contributed by atoms with Gasteiger partial charge in [0.25, 0.3) is 0 Å². The molecule has 1 aliphatic heterocycles. The summed E-state index contributed by atoms with van der Waals surface area (Å²) in [6, 6.07) is 11.3. The van der Waals surface area contributed by atoms with Crippen LogP contribution in [0.3, 0.4) is 0 Å². The van der Waals surface area contributed by atoms with Gasteiger partial charge in [0.15, 0.2) is 0 Å². The third-order valence-corrected chi connectivity index (χ3v) is 4.98. The minimum Gasteiger partial charge on any atom is -0.296 e. The van der Waals surface area contributed by atoms with Gasteiger partial charge in [0.2, 0.25) is 15.0 Å². The van der Waals surface area contributed by atoms with Crippen LogP contribution in [0.15, 0.2) is 36.4 Å². The monoisotopic (exact) mass is 353 g/mol. The van der Waals surface area contributed by atoms with Crippen molar-refractivity contribution in [3.8, 4) is 5.69 Å². The fraction of sp³-hybridized carbons (Fsp3) is 0.333. The maximum atomic E-state index is 12.3. The summed E-state index contributed by atoms with van der Waals surface area (Å²) in [6.07, 6.45) is 0.172. The van der Waals surface area contributed by atoms with E-state index in [1.807, 2.05) is 43.3 Å². The van der Waals surface area contributed by atoms with Gasteiger partial charge in [-0.05, 0) is 19.1 Å². The molecule has 0 aliphatic carbocycles. The van der Waals surface area contributed by atoms with Gasteiger partial charge in [-0.15, -0.1) is 0 Å². The van der Waals surface area contributed by atoms with E-state index in [-0.39, 0.29) is 24.0 Å². The van der Waals surface area contributed by atoms with Gasteiger partial charge in [-0.3, -0.25) is 9.69 Å². The molecule has 23 heavy (non-hydrogen) atoms. The molecule has 1 fully saturated rings. The summed E-state index contributed by atoms with van der Waals surface area (Å²) in [6.45, 7) is 2.17. The van der Waals surface area contributed by atoms with Crippen molar-refractivity contribution in [1.82, 2.24) is 9.78 Å². The van der Waals surface area contributed by atoms with E-state index in [2.05, 4.69) is 5.10 Å². The minimum absolute atomic E-state index is 0.118. The number of anilines is 1. The van der Waals surface area contributed by atoms with E-state index in [4.69, 9.17) is 10.7 Å².